The van der Waals surface area contributed by atoms with Crippen molar-refractivity contribution in [1.82, 2.24) is 0 Å². The zero-order valence-electron chi connectivity index (χ0n) is 17.8. The van der Waals surface area contributed by atoms with Gasteiger partial charge in [-0.25, -0.2) is 0 Å². The van der Waals surface area contributed by atoms with Crippen LogP contribution in [0.4, 0.5) is 0 Å². The van der Waals surface area contributed by atoms with Crippen LogP contribution in [0.25, 0.3) is 34.7 Å². The van der Waals surface area contributed by atoms with Gasteiger partial charge in [0.05, 0.1) is 0 Å². The molecule has 0 bridgehead atoms. The lowest BCUT2D eigenvalue weighted by Gasteiger charge is -2.15. The molecule has 0 nitrogen and oxygen atoms in total. The Bertz CT molecular complexity index is 1130. The van der Waals surface area contributed by atoms with Gasteiger partial charge in [-0.1, -0.05) is 76.9 Å². The molecule has 0 radical (unpaired) electrons. The summed E-state index contributed by atoms with van der Waals surface area (Å²) < 4.78 is 0. The third-order valence-electron chi connectivity index (χ3n) is 5.60. The second-order valence-corrected chi connectivity index (χ2v) is 9.49. The molecule has 3 aromatic rings. The van der Waals surface area contributed by atoms with E-state index in [1.807, 2.05) is 0 Å². The second kappa shape index (κ2) is 8.57. The molecule has 0 aliphatic rings. The van der Waals surface area contributed by atoms with Gasteiger partial charge in [0.1, 0.15) is 0 Å². The lowest BCUT2D eigenvalue weighted by Crippen LogP contribution is -2.15. The average molecular weight is 389 g/mol. The van der Waals surface area contributed by atoms with Crippen LogP contribution >= 0.6 is 11.8 Å². The minimum absolute atomic E-state index is 0.731. The van der Waals surface area contributed by atoms with Crippen molar-refractivity contribution in [3.05, 3.63) is 63.4 Å². The van der Waals surface area contributed by atoms with Gasteiger partial charge < -0.3 is 0 Å². The zero-order valence-corrected chi connectivity index (χ0v) is 18.6. The summed E-state index contributed by atoms with van der Waals surface area (Å²) in [6.07, 6.45) is 4.52. The molecule has 146 valence electrons. The van der Waals surface area contributed by atoms with E-state index >= 15 is 0 Å². The molecular weight excluding hydrogens is 356 g/mol. The normalized spacial score (nSPS) is 11.6. The molecule has 0 aliphatic carbocycles. The molecule has 0 fully saturated rings. The van der Waals surface area contributed by atoms with Crippen molar-refractivity contribution < 1.29 is 0 Å². The number of hydrogen-bond donors (Lipinski definition) is 0. The highest BCUT2D eigenvalue weighted by Crippen LogP contribution is 2.32. The molecule has 0 aromatic heterocycles. The molecule has 0 saturated carbocycles. The molecule has 0 unspecified atom stereocenters. The van der Waals surface area contributed by atoms with Gasteiger partial charge in [-0.15, -0.1) is 0 Å². The summed E-state index contributed by atoms with van der Waals surface area (Å²) in [6.45, 7) is 22.2. The van der Waals surface area contributed by atoms with Gasteiger partial charge in [0.25, 0.3) is 0 Å². The van der Waals surface area contributed by atoms with E-state index in [0.29, 0.717) is 0 Å². The highest BCUT2D eigenvalue weighted by atomic mass is 32.2. The molecule has 0 heterocycles. The first kappa shape index (κ1) is 20.7. The Hall–Kier alpha value is -1.99. The Kier molecular flexibility index (Phi) is 6.35. The fraction of sp³-hybridized carbons (Fsp3) is 0.333. The van der Waals surface area contributed by atoms with Crippen LogP contribution in [-0.4, -0.2) is 0 Å². The molecule has 28 heavy (non-hydrogen) atoms. The molecule has 3 aromatic carbocycles. The number of aryl methyl sites for hydroxylation is 2. The van der Waals surface area contributed by atoms with Gasteiger partial charge in [-0.05, 0) is 92.3 Å². The maximum absolute atomic E-state index is 4.54. The number of allylic oxidation sites excluding steroid dienone is 1. The minimum atomic E-state index is 0.731. The van der Waals surface area contributed by atoms with Gasteiger partial charge in [0.15, 0.2) is 0 Å². The maximum atomic E-state index is 4.54. The Labute approximate surface area is 174 Å². The second-order valence-electron chi connectivity index (χ2n) is 8.24. The van der Waals surface area contributed by atoms with Gasteiger partial charge in [0.2, 0.25) is 0 Å². The number of hydrogen-bond acceptors (Lipinski definition) is 1. The monoisotopic (exact) mass is 388 g/mol. The maximum Gasteiger partial charge on any atom is 0.0128 e. The van der Waals surface area contributed by atoms with E-state index in [2.05, 4.69) is 77.8 Å². The first-order chi connectivity index (χ1) is 13.3. The van der Waals surface area contributed by atoms with E-state index in [1.165, 1.54) is 55.3 Å². The standard InChI is InChI=1S/C27H32S/c1-8-19(5)28-23-15-22(13-9-11-17(2)3)27-21(7)26-18(4)12-10-14-24(26)20(6)25(27)16-23/h10,12,14-17H,5-9,11,13H2,1-4H3. The van der Waals surface area contributed by atoms with E-state index < -0.39 is 0 Å². The fourth-order valence-electron chi connectivity index (χ4n) is 4.05. The first-order valence-electron chi connectivity index (χ1n) is 10.3. The van der Waals surface area contributed by atoms with Gasteiger partial charge in [-0.3, -0.25) is 0 Å². The van der Waals surface area contributed by atoms with Crippen LogP contribution in [0, 0.1) is 12.8 Å². The molecule has 0 atom stereocenters. The van der Waals surface area contributed by atoms with Crippen LogP contribution in [0.2, 0.25) is 0 Å². The topological polar surface area (TPSA) is 0 Å². The molecule has 0 N–H and O–H groups in total. The highest BCUT2D eigenvalue weighted by Gasteiger charge is 2.12. The number of benzene rings is 3. The van der Waals surface area contributed by atoms with E-state index in [4.69, 9.17) is 0 Å². The van der Waals surface area contributed by atoms with Crippen LogP contribution in [0.1, 0.15) is 51.2 Å². The molecule has 0 amide bonds. The Morgan fingerprint density at radius 2 is 1.79 bits per heavy atom. The van der Waals surface area contributed by atoms with Crippen molar-refractivity contribution in [3.63, 3.8) is 0 Å². The summed E-state index contributed by atoms with van der Waals surface area (Å²) in [4.78, 5) is 2.47. The van der Waals surface area contributed by atoms with Gasteiger partial charge >= 0.3 is 0 Å². The summed E-state index contributed by atoms with van der Waals surface area (Å²) in [7, 11) is 0. The Morgan fingerprint density at radius 3 is 2.46 bits per heavy atom. The lowest BCUT2D eigenvalue weighted by atomic mass is 9.91. The van der Waals surface area contributed by atoms with Crippen molar-refractivity contribution in [2.45, 2.75) is 58.3 Å². The van der Waals surface area contributed by atoms with Crippen LogP contribution < -0.4 is 10.4 Å². The van der Waals surface area contributed by atoms with Crippen LogP contribution in [0.3, 0.4) is 0 Å². The number of fused-ring (bicyclic) bond motifs is 2. The Balaban J connectivity index is 2.30. The van der Waals surface area contributed by atoms with Crippen LogP contribution in [0.15, 0.2) is 46.7 Å². The van der Waals surface area contributed by atoms with Gasteiger partial charge in [0, 0.05) is 4.90 Å². The fourth-order valence-corrected chi connectivity index (χ4v) is 4.91. The predicted molar refractivity (Wildman–Crippen MR) is 130 cm³/mol. The van der Waals surface area contributed by atoms with E-state index in [1.54, 1.807) is 11.8 Å². The molecule has 1 heteroatoms. The lowest BCUT2D eigenvalue weighted by molar-refractivity contribution is 0.556. The smallest absolute Gasteiger partial charge is 0.0128 e. The minimum Gasteiger partial charge on any atom is -0.0952 e. The summed E-state index contributed by atoms with van der Waals surface area (Å²) in [5, 5.41) is 7.32. The summed E-state index contributed by atoms with van der Waals surface area (Å²) >= 11 is 1.79. The van der Waals surface area contributed by atoms with Crippen LogP contribution in [0.5, 0.6) is 0 Å². The summed E-state index contributed by atoms with van der Waals surface area (Å²) in [6, 6.07) is 11.1. The zero-order chi connectivity index (χ0) is 20.4. The van der Waals surface area contributed by atoms with Crippen molar-refractivity contribution in [2.75, 3.05) is 0 Å². The van der Waals surface area contributed by atoms with E-state index in [0.717, 1.165) is 29.2 Å². The van der Waals surface area contributed by atoms with Crippen molar-refractivity contribution >= 4 is 46.5 Å². The molecular formula is C27H32S. The molecule has 0 aliphatic heterocycles. The number of rotatable bonds is 7. The molecule has 0 saturated heterocycles. The average Bonchev–Trinajstić information content (AvgIpc) is 2.65. The predicted octanol–water partition coefficient (Wildman–Crippen LogP) is 7.12. The van der Waals surface area contributed by atoms with Crippen molar-refractivity contribution in [3.8, 4) is 0 Å². The quantitative estimate of drug-likeness (QED) is 0.307. The van der Waals surface area contributed by atoms with Gasteiger partial charge in [-0.2, -0.15) is 0 Å². The third kappa shape index (κ3) is 4.05. The number of thioether (sulfide) groups is 1. The summed E-state index contributed by atoms with van der Waals surface area (Å²) in [5.41, 5.74) is 2.69. The molecule has 3 rings (SSSR count). The van der Waals surface area contributed by atoms with E-state index in [-0.39, 0.29) is 0 Å². The third-order valence-corrected chi connectivity index (χ3v) is 6.65. The summed E-state index contributed by atoms with van der Waals surface area (Å²) in [5.74, 6) is 0.731. The van der Waals surface area contributed by atoms with E-state index in [9.17, 15) is 0 Å². The van der Waals surface area contributed by atoms with Crippen molar-refractivity contribution in [1.29, 1.82) is 0 Å². The van der Waals surface area contributed by atoms with Crippen LogP contribution in [-0.2, 0) is 6.42 Å². The largest absolute Gasteiger partial charge is 0.0952 e. The highest BCUT2D eigenvalue weighted by molar-refractivity contribution is 8.03. The Morgan fingerprint density at radius 1 is 1.04 bits per heavy atom. The van der Waals surface area contributed by atoms with Crippen molar-refractivity contribution in [2.24, 2.45) is 5.92 Å². The SMILES string of the molecule is C=C(CC)Sc1cc(CCCC(C)C)c2c(=C)c3c(C)cccc3c(=C)c2c1. The molecule has 0 spiro atoms. The first-order valence-corrected chi connectivity index (χ1v) is 11.2.